The van der Waals surface area contributed by atoms with Crippen LogP contribution in [0.25, 0.3) is 11.1 Å². The van der Waals surface area contributed by atoms with Gasteiger partial charge in [-0.3, -0.25) is 4.79 Å². The average Bonchev–Trinajstić information content (AvgIpc) is 2.86. The summed E-state index contributed by atoms with van der Waals surface area (Å²) in [5.41, 5.74) is 1.98. The molecule has 4 heteroatoms. The van der Waals surface area contributed by atoms with E-state index in [1.54, 1.807) is 0 Å². The van der Waals surface area contributed by atoms with Crippen molar-refractivity contribution in [3.05, 3.63) is 58.3 Å². The molecule has 18 heavy (non-hydrogen) atoms. The zero-order valence-corrected chi connectivity index (χ0v) is 11.2. The van der Waals surface area contributed by atoms with Crippen molar-refractivity contribution in [1.82, 2.24) is 5.32 Å². The van der Waals surface area contributed by atoms with Crippen LogP contribution in [0, 0.1) is 0 Å². The molecule has 0 aliphatic heterocycles. The number of hydrogen-bond acceptors (Lipinski definition) is 2. The third-order valence-electron chi connectivity index (χ3n) is 2.40. The highest BCUT2D eigenvalue weighted by Gasteiger charge is 2.13. The molecule has 1 amide bonds. The molecule has 0 bridgehead atoms. The van der Waals surface area contributed by atoms with E-state index in [0.29, 0.717) is 9.91 Å². The highest BCUT2D eigenvalue weighted by molar-refractivity contribution is 7.12. The molecule has 2 rings (SSSR count). The number of carbonyl (C=O) groups is 1. The molecule has 0 radical (unpaired) electrons. The highest BCUT2D eigenvalue weighted by Crippen LogP contribution is 2.27. The van der Waals surface area contributed by atoms with Crippen LogP contribution < -0.4 is 5.32 Å². The number of halogens is 1. The van der Waals surface area contributed by atoms with Crippen LogP contribution in [-0.2, 0) is 0 Å². The molecule has 0 saturated heterocycles. The van der Waals surface area contributed by atoms with E-state index in [1.165, 1.54) is 11.3 Å². The normalized spacial score (nSPS) is 10.1. The van der Waals surface area contributed by atoms with E-state index in [2.05, 4.69) is 11.9 Å². The van der Waals surface area contributed by atoms with Gasteiger partial charge in [-0.25, -0.2) is 0 Å². The number of hydrogen-bond donors (Lipinski definition) is 1. The highest BCUT2D eigenvalue weighted by atomic mass is 35.5. The quantitative estimate of drug-likeness (QED) is 0.902. The Bertz CT molecular complexity index is 562. The van der Waals surface area contributed by atoms with E-state index in [9.17, 15) is 4.79 Å². The lowest BCUT2D eigenvalue weighted by atomic mass is 10.1. The second-order valence-corrected chi connectivity index (χ2v) is 5.18. The summed E-state index contributed by atoms with van der Waals surface area (Å²) in [5, 5.41) is 5.06. The Morgan fingerprint density at radius 2 is 2.00 bits per heavy atom. The molecule has 1 aromatic carbocycles. The monoisotopic (exact) mass is 277 g/mol. The molecule has 1 N–H and O–H groups in total. The lowest BCUT2D eigenvalue weighted by Crippen LogP contribution is -2.24. The van der Waals surface area contributed by atoms with E-state index in [1.807, 2.05) is 41.8 Å². The minimum absolute atomic E-state index is 0.120. The summed E-state index contributed by atoms with van der Waals surface area (Å²) in [6.45, 7) is 3.83. The number of rotatable bonds is 4. The van der Waals surface area contributed by atoms with Crippen LogP contribution in [0.15, 0.2) is 53.4 Å². The Morgan fingerprint density at radius 1 is 1.28 bits per heavy atom. The van der Waals surface area contributed by atoms with Gasteiger partial charge < -0.3 is 5.32 Å². The molecule has 0 unspecified atom stereocenters. The molecule has 0 fully saturated rings. The van der Waals surface area contributed by atoms with Gasteiger partial charge in [0.05, 0.1) is 11.4 Å². The fourth-order valence-electron chi connectivity index (χ4n) is 1.59. The van der Waals surface area contributed by atoms with Gasteiger partial charge in [0.1, 0.15) is 0 Å². The van der Waals surface area contributed by atoms with Crippen molar-refractivity contribution in [2.24, 2.45) is 0 Å². The zero-order chi connectivity index (χ0) is 13.0. The largest absolute Gasteiger partial charge is 0.346 e. The number of thiophene rings is 1. The fraction of sp³-hybridized carbons (Fsp3) is 0.0714. The summed E-state index contributed by atoms with van der Waals surface area (Å²) in [6.07, 6.45) is 0. The molecular formula is C14H12ClNOS. The molecular weight excluding hydrogens is 266 g/mol. The van der Waals surface area contributed by atoms with Crippen molar-refractivity contribution in [2.45, 2.75) is 0 Å². The standard InChI is InChI=1S/C14H12ClNOS/c1-10(15)9-16-14(17)13-12(7-8-18-13)11-5-3-2-4-6-11/h2-8H,1,9H2,(H,16,17). The summed E-state index contributed by atoms with van der Waals surface area (Å²) in [4.78, 5) is 12.7. The summed E-state index contributed by atoms with van der Waals surface area (Å²) in [7, 11) is 0. The van der Waals surface area contributed by atoms with Crippen molar-refractivity contribution in [1.29, 1.82) is 0 Å². The van der Waals surface area contributed by atoms with Crippen LogP contribution in [0.5, 0.6) is 0 Å². The van der Waals surface area contributed by atoms with Gasteiger partial charge in [0, 0.05) is 10.6 Å². The number of carbonyl (C=O) groups excluding carboxylic acids is 1. The van der Waals surface area contributed by atoms with Crippen LogP contribution in [0.3, 0.4) is 0 Å². The average molecular weight is 278 g/mol. The van der Waals surface area contributed by atoms with Crippen molar-refractivity contribution >= 4 is 28.8 Å². The first-order chi connectivity index (χ1) is 8.68. The van der Waals surface area contributed by atoms with Gasteiger partial charge in [0.15, 0.2) is 0 Å². The van der Waals surface area contributed by atoms with Crippen molar-refractivity contribution in [3.63, 3.8) is 0 Å². The Labute approximate surface area is 115 Å². The Balaban J connectivity index is 2.23. The topological polar surface area (TPSA) is 29.1 Å². The molecule has 0 spiro atoms. The molecule has 2 aromatic rings. The first-order valence-corrected chi connectivity index (χ1v) is 6.68. The minimum Gasteiger partial charge on any atom is -0.346 e. The Kier molecular flexibility index (Phi) is 4.18. The van der Waals surface area contributed by atoms with Gasteiger partial charge in [0.2, 0.25) is 0 Å². The summed E-state index contributed by atoms with van der Waals surface area (Å²) in [5.74, 6) is -0.120. The lowest BCUT2D eigenvalue weighted by molar-refractivity contribution is 0.0962. The maximum Gasteiger partial charge on any atom is 0.262 e. The summed E-state index contributed by atoms with van der Waals surface area (Å²) < 4.78 is 0. The predicted molar refractivity (Wildman–Crippen MR) is 77.1 cm³/mol. The van der Waals surface area contributed by atoms with E-state index >= 15 is 0 Å². The smallest absolute Gasteiger partial charge is 0.262 e. The second kappa shape index (κ2) is 5.85. The van der Waals surface area contributed by atoms with Crippen molar-refractivity contribution in [2.75, 3.05) is 6.54 Å². The van der Waals surface area contributed by atoms with E-state index < -0.39 is 0 Å². The van der Waals surface area contributed by atoms with Gasteiger partial charge in [-0.2, -0.15) is 0 Å². The molecule has 0 aliphatic rings. The molecule has 2 nitrogen and oxygen atoms in total. The molecule has 0 aliphatic carbocycles. The maximum absolute atomic E-state index is 12.0. The van der Waals surface area contributed by atoms with Gasteiger partial charge >= 0.3 is 0 Å². The molecule has 0 atom stereocenters. The van der Waals surface area contributed by atoms with Crippen LogP contribution >= 0.6 is 22.9 Å². The first-order valence-electron chi connectivity index (χ1n) is 5.43. The molecule has 0 saturated carbocycles. The number of amides is 1. The van der Waals surface area contributed by atoms with Gasteiger partial charge in [0.25, 0.3) is 5.91 Å². The Hall–Kier alpha value is -1.58. The Morgan fingerprint density at radius 3 is 2.67 bits per heavy atom. The van der Waals surface area contributed by atoms with Crippen molar-refractivity contribution < 1.29 is 4.79 Å². The van der Waals surface area contributed by atoms with E-state index in [4.69, 9.17) is 11.6 Å². The molecule has 1 aromatic heterocycles. The number of benzene rings is 1. The SMILES string of the molecule is C=C(Cl)CNC(=O)c1sccc1-c1ccccc1. The second-order valence-electron chi connectivity index (χ2n) is 3.73. The summed E-state index contributed by atoms with van der Waals surface area (Å²) in [6, 6.07) is 11.8. The first kappa shape index (κ1) is 12.9. The third-order valence-corrected chi connectivity index (χ3v) is 3.44. The van der Waals surface area contributed by atoms with Gasteiger partial charge in [-0.1, -0.05) is 48.5 Å². The fourth-order valence-corrected chi connectivity index (χ4v) is 2.49. The lowest BCUT2D eigenvalue weighted by Gasteiger charge is -2.05. The molecule has 1 heterocycles. The van der Waals surface area contributed by atoms with Crippen LogP contribution in [-0.4, -0.2) is 12.5 Å². The molecule has 92 valence electrons. The predicted octanol–water partition coefficient (Wildman–Crippen LogP) is 3.90. The van der Waals surface area contributed by atoms with Crippen LogP contribution in [0.1, 0.15) is 9.67 Å². The van der Waals surface area contributed by atoms with E-state index in [-0.39, 0.29) is 12.5 Å². The minimum atomic E-state index is -0.120. The van der Waals surface area contributed by atoms with E-state index in [0.717, 1.165) is 11.1 Å². The maximum atomic E-state index is 12.0. The van der Waals surface area contributed by atoms with Crippen LogP contribution in [0.2, 0.25) is 0 Å². The zero-order valence-electron chi connectivity index (χ0n) is 9.65. The van der Waals surface area contributed by atoms with Gasteiger partial charge in [-0.05, 0) is 17.0 Å². The van der Waals surface area contributed by atoms with Gasteiger partial charge in [-0.15, -0.1) is 11.3 Å². The van der Waals surface area contributed by atoms with Crippen molar-refractivity contribution in [3.8, 4) is 11.1 Å². The number of nitrogens with one attached hydrogen (secondary N) is 1. The summed E-state index contributed by atoms with van der Waals surface area (Å²) >= 11 is 7.05. The van der Waals surface area contributed by atoms with Crippen LogP contribution in [0.4, 0.5) is 0 Å². The third kappa shape index (κ3) is 3.00.